The molecule has 1 atom stereocenters. The molecule has 1 unspecified atom stereocenters. The molecule has 10 heteroatoms. The molecule has 29 heavy (non-hydrogen) atoms. The van der Waals surface area contributed by atoms with Gasteiger partial charge in [0.15, 0.2) is 6.10 Å². The third-order valence-electron chi connectivity index (χ3n) is 5.46. The molecule has 1 N–H and O–H groups in total. The first-order valence-corrected chi connectivity index (χ1v) is 11.4. The van der Waals surface area contributed by atoms with Crippen LogP contribution in [0, 0.1) is 0 Å². The average molecular weight is 420 g/mol. The van der Waals surface area contributed by atoms with Crippen LogP contribution < -0.4 is 5.32 Å². The fourth-order valence-corrected chi connectivity index (χ4v) is 5.56. The number of pyridine rings is 1. The number of rotatable bonds is 5. The van der Waals surface area contributed by atoms with Crippen molar-refractivity contribution in [2.24, 2.45) is 0 Å². The number of hydrogen-bond acceptors (Lipinski definition) is 6. The van der Waals surface area contributed by atoms with E-state index in [-0.39, 0.29) is 11.7 Å². The van der Waals surface area contributed by atoms with Crippen LogP contribution in [0.1, 0.15) is 32.0 Å². The summed E-state index contributed by atoms with van der Waals surface area (Å²) in [6.45, 7) is 2.93. The fraction of sp³-hybridized carbons (Fsp3) is 0.526. The van der Waals surface area contributed by atoms with Crippen molar-refractivity contribution in [3.8, 4) is 0 Å². The van der Waals surface area contributed by atoms with Crippen LogP contribution in [-0.2, 0) is 31.7 Å². The average Bonchev–Trinajstić information content (AvgIpc) is 3.19. The van der Waals surface area contributed by atoms with Crippen molar-refractivity contribution >= 4 is 21.6 Å². The maximum Gasteiger partial charge on any atom is 0.255 e. The Balaban J connectivity index is 1.53. The number of ether oxygens (including phenoxy) is 1. The molecule has 4 heterocycles. The van der Waals surface area contributed by atoms with Gasteiger partial charge < -0.3 is 14.6 Å². The normalized spacial score (nSPS) is 21.6. The number of amides is 1. The van der Waals surface area contributed by atoms with E-state index in [2.05, 4.69) is 15.3 Å². The van der Waals surface area contributed by atoms with Gasteiger partial charge in [0.1, 0.15) is 11.4 Å². The van der Waals surface area contributed by atoms with Crippen molar-refractivity contribution in [1.82, 2.24) is 18.8 Å². The number of nitrogens with one attached hydrogen (secondary N) is 1. The second-order valence-electron chi connectivity index (χ2n) is 7.45. The molecule has 156 valence electrons. The summed E-state index contributed by atoms with van der Waals surface area (Å²) in [6, 6.07) is 3.52. The number of anilines is 1. The summed E-state index contributed by atoms with van der Waals surface area (Å²) in [5.41, 5.74) is -0.163. The number of piperidine rings is 1. The highest BCUT2D eigenvalue weighted by atomic mass is 32.2. The fourth-order valence-electron chi connectivity index (χ4n) is 4.05. The van der Waals surface area contributed by atoms with E-state index in [9.17, 15) is 13.2 Å². The van der Waals surface area contributed by atoms with E-state index in [1.54, 1.807) is 30.7 Å². The van der Waals surface area contributed by atoms with Crippen LogP contribution in [0.5, 0.6) is 0 Å². The van der Waals surface area contributed by atoms with Crippen molar-refractivity contribution in [3.63, 3.8) is 0 Å². The summed E-state index contributed by atoms with van der Waals surface area (Å²) >= 11 is 0. The lowest BCUT2D eigenvalue weighted by molar-refractivity contribution is -0.166. The van der Waals surface area contributed by atoms with Crippen LogP contribution in [-0.4, -0.2) is 58.1 Å². The van der Waals surface area contributed by atoms with Gasteiger partial charge in [-0.2, -0.15) is 0 Å². The lowest BCUT2D eigenvalue weighted by Crippen LogP contribution is -2.54. The van der Waals surface area contributed by atoms with Gasteiger partial charge in [-0.25, -0.2) is 17.7 Å². The molecule has 4 rings (SSSR count). The van der Waals surface area contributed by atoms with Crippen molar-refractivity contribution in [2.45, 2.75) is 44.4 Å². The number of carbonyl (C=O) groups excluding carboxylic acids is 1. The predicted octanol–water partition coefficient (Wildman–Crippen LogP) is 1.35. The molecular formula is C19H25N5O4S. The van der Waals surface area contributed by atoms with E-state index in [0.717, 1.165) is 5.82 Å². The maximum atomic E-state index is 12.8. The van der Waals surface area contributed by atoms with Crippen LogP contribution in [0.2, 0.25) is 0 Å². The zero-order valence-corrected chi connectivity index (χ0v) is 17.1. The second kappa shape index (κ2) is 7.85. The Hall–Kier alpha value is -2.30. The van der Waals surface area contributed by atoms with E-state index < -0.39 is 21.7 Å². The zero-order chi connectivity index (χ0) is 20.5. The third kappa shape index (κ3) is 3.92. The minimum absolute atomic E-state index is 0.144. The van der Waals surface area contributed by atoms with E-state index in [4.69, 9.17) is 4.74 Å². The molecule has 2 aromatic heterocycles. The number of carbonyl (C=O) groups is 1. The van der Waals surface area contributed by atoms with Gasteiger partial charge >= 0.3 is 0 Å². The van der Waals surface area contributed by atoms with Gasteiger partial charge in [-0.15, -0.1) is 0 Å². The molecule has 2 aliphatic heterocycles. The van der Waals surface area contributed by atoms with Crippen LogP contribution >= 0.6 is 0 Å². The molecule has 1 fully saturated rings. The SMILES string of the molecule is CCCS(=O)(=O)N1CCC2(CC1)OC(C(=O)Nc1cccnc1)Cn1ccnc12. The van der Waals surface area contributed by atoms with Crippen LogP contribution in [0.4, 0.5) is 5.69 Å². The largest absolute Gasteiger partial charge is 0.352 e. The summed E-state index contributed by atoms with van der Waals surface area (Å²) in [5.74, 6) is 0.652. The van der Waals surface area contributed by atoms with Gasteiger partial charge in [-0.3, -0.25) is 9.78 Å². The van der Waals surface area contributed by atoms with Gasteiger partial charge in [0.25, 0.3) is 5.91 Å². The Morgan fingerprint density at radius 2 is 2.14 bits per heavy atom. The van der Waals surface area contributed by atoms with Crippen LogP contribution in [0.15, 0.2) is 36.9 Å². The minimum atomic E-state index is -3.26. The van der Waals surface area contributed by atoms with Crippen molar-refractivity contribution in [1.29, 1.82) is 0 Å². The third-order valence-corrected chi connectivity index (χ3v) is 7.54. The summed E-state index contributed by atoms with van der Waals surface area (Å²) in [5, 5.41) is 2.84. The Labute approximate surface area is 170 Å². The Kier molecular flexibility index (Phi) is 5.41. The van der Waals surface area contributed by atoms with Crippen LogP contribution in [0.25, 0.3) is 0 Å². The molecule has 2 aliphatic rings. The molecule has 9 nitrogen and oxygen atoms in total. The van der Waals surface area contributed by atoms with Crippen LogP contribution in [0.3, 0.4) is 0 Å². The number of nitrogens with zero attached hydrogens (tertiary/aromatic N) is 4. The lowest BCUT2D eigenvalue weighted by Gasteiger charge is -2.45. The zero-order valence-electron chi connectivity index (χ0n) is 16.3. The molecule has 0 saturated carbocycles. The van der Waals surface area contributed by atoms with Gasteiger partial charge in [0.05, 0.1) is 24.2 Å². The van der Waals surface area contributed by atoms with Gasteiger partial charge in [-0.05, 0) is 31.4 Å². The Morgan fingerprint density at radius 1 is 1.34 bits per heavy atom. The first-order chi connectivity index (χ1) is 13.9. The first kappa shape index (κ1) is 20.0. The van der Waals surface area contributed by atoms with Gasteiger partial charge in [-0.1, -0.05) is 6.92 Å². The standard InChI is InChI=1S/C19H25N5O4S/c1-2-12-29(26,27)24-9-5-19(6-10-24)18-21-8-11-23(18)14-16(28-19)17(25)22-15-4-3-7-20-13-15/h3-4,7-8,11,13,16H,2,5-6,9-10,12,14H2,1H3,(H,22,25). The smallest absolute Gasteiger partial charge is 0.255 e. The minimum Gasteiger partial charge on any atom is -0.352 e. The number of sulfonamides is 1. The van der Waals surface area contributed by atoms with Crippen molar-refractivity contribution in [3.05, 3.63) is 42.7 Å². The van der Waals surface area contributed by atoms with Gasteiger partial charge in [0, 0.05) is 31.7 Å². The molecule has 2 aromatic rings. The molecule has 0 aliphatic carbocycles. The summed E-state index contributed by atoms with van der Waals surface area (Å²) in [4.78, 5) is 21.3. The maximum absolute atomic E-state index is 12.8. The Bertz CT molecular complexity index is 967. The second-order valence-corrected chi connectivity index (χ2v) is 9.54. The molecular weight excluding hydrogens is 394 g/mol. The summed E-state index contributed by atoms with van der Waals surface area (Å²) in [6.07, 6.45) is 7.56. The quantitative estimate of drug-likeness (QED) is 0.784. The number of aromatic nitrogens is 3. The molecule has 0 aromatic carbocycles. The summed E-state index contributed by atoms with van der Waals surface area (Å²) < 4.78 is 34.6. The highest BCUT2D eigenvalue weighted by molar-refractivity contribution is 7.89. The number of hydrogen-bond donors (Lipinski definition) is 1. The lowest BCUT2D eigenvalue weighted by atomic mass is 9.89. The monoisotopic (exact) mass is 419 g/mol. The highest BCUT2D eigenvalue weighted by Crippen LogP contribution is 2.40. The number of fused-ring (bicyclic) bond motifs is 2. The van der Waals surface area contributed by atoms with Gasteiger partial charge in [0.2, 0.25) is 10.0 Å². The molecule has 1 amide bonds. The summed E-state index contributed by atoms with van der Waals surface area (Å²) in [7, 11) is -3.26. The van der Waals surface area contributed by atoms with Crippen molar-refractivity contribution < 1.29 is 17.9 Å². The van der Waals surface area contributed by atoms with Crippen molar-refractivity contribution in [2.75, 3.05) is 24.2 Å². The topological polar surface area (TPSA) is 106 Å². The first-order valence-electron chi connectivity index (χ1n) is 9.82. The van der Waals surface area contributed by atoms with E-state index in [1.165, 1.54) is 4.31 Å². The highest BCUT2D eigenvalue weighted by Gasteiger charge is 2.48. The number of imidazole rings is 1. The van der Waals surface area contributed by atoms with E-state index in [0.29, 0.717) is 44.6 Å². The molecule has 0 bridgehead atoms. The van der Waals surface area contributed by atoms with E-state index in [1.807, 2.05) is 17.7 Å². The molecule has 1 spiro atoms. The van der Waals surface area contributed by atoms with E-state index >= 15 is 0 Å². The Morgan fingerprint density at radius 3 is 2.83 bits per heavy atom. The molecule has 0 radical (unpaired) electrons. The molecule has 1 saturated heterocycles. The predicted molar refractivity (Wildman–Crippen MR) is 107 cm³/mol.